The van der Waals surface area contributed by atoms with Gasteiger partial charge in [0, 0.05) is 56.6 Å². The Bertz CT molecular complexity index is 835. The zero-order valence-corrected chi connectivity index (χ0v) is 14.3. The molecule has 1 aromatic heterocycles. The lowest BCUT2D eigenvalue weighted by molar-refractivity contribution is -0.130. The molecule has 7 heteroatoms. The molecule has 1 aromatic carbocycles. The molecule has 2 heterocycles. The van der Waals surface area contributed by atoms with Crippen molar-refractivity contribution in [2.45, 2.75) is 13.8 Å². The number of carbonyl (C=O) groups is 3. The van der Waals surface area contributed by atoms with Gasteiger partial charge in [-0.05, 0) is 18.2 Å². The van der Waals surface area contributed by atoms with E-state index >= 15 is 0 Å². The van der Waals surface area contributed by atoms with E-state index in [-0.39, 0.29) is 17.7 Å². The van der Waals surface area contributed by atoms with Crippen LogP contribution in [0.1, 0.15) is 29.0 Å². The highest BCUT2D eigenvalue weighted by Gasteiger charge is 2.26. The number of rotatable bonds is 1. The molecule has 0 saturated carbocycles. The number of benzene rings is 1. The van der Waals surface area contributed by atoms with Crippen LogP contribution in [0.5, 0.6) is 0 Å². The Balaban J connectivity index is 1.94. The Morgan fingerprint density at radius 1 is 0.958 bits per heavy atom. The van der Waals surface area contributed by atoms with Gasteiger partial charge >= 0.3 is 0 Å². The minimum atomic E-state index is -0.164. The quantitative estimate of drug-likeness (QED) is 0.795. The summed E-state index contributed by atoms with van der Waals surface area (Å²) in [6, 6.07) is 5.14. The second-order valence-corrected chi connectivity index (χ2v) is 6.33. The molecule has 0 N–H and O–H groups in total. The molecular weight excluding hydrogens is 330 g/mol. The van der Waals surface area contributed by atoms with Crippen molar-refractivity contribution < 1.29 is 14.4 Å². The van der Waals surface area contributed by atoms with Crippen molar-refractivity contribution in [3.8, 4) is 0 Å². The second-order valence-electron chi connectivity index (χ2n) is 5.89. The van der Waals surface area contributed by atoms with E-state index in [1.807, 2.05) is 0 Å². The first-order valence-corrected chi connectivity index (χ1v) is 8.12. The highest BCUT2D eigenvalue weighted by molar-refractivity contribution is 6.31. The molecule has 3 rings (SSSR count). The summed E-state index contributed by atoms with van der Waals surface area (Å²) in [5.74, 6) is -0.296. The lowest BCUT2D eigenvalue weighted by Crippen LogP contribution is -2.50. The molecule has 0 spiro atoms. The summed E-state index contributed by atoms with van der Waals surface area (Å²) in [5, 5.41) is 1.18. The van der Waals surface area contributed by atoms with Gasteiger partial charge in [0.1, 0.15) is 0 Å². The monoisotopic (exact) mass is 347 g/mol. The number of nitrogens with zero attached hydrogens (tertiary/aromatic N) is 3. The summed E-state index contributed by atoms with van der Waals surface area (Å²) in [6.45, 7) is 4.98. The van der Waals surface area contributed by atoms with Gasteiger partial charge in [-0.2, -0.15) is 0 Å². The molecule has 126 valence electrons. The van der Waals surface area contributed by atoms with Crippen molar-refractivity contribution in [1.82, 2.24) is 14.4 Å². The molecule has 0 radical (unpaired) electrons. The molecule has 0 bridgehead atoms. The van der Waals surface area contributed by atoms with Gasteiger partial charge in [-0.15, -0.1) is 0 Å². The fraction of sp³-hybridized carbons (Fsp3) is 0.353. The number of hydrogen-bond acceptors (Lipinski definition) is 3. The van der Waals surface area contributed by atoms with Crippen molar-refractivity contribution in [2.24, 2.45) is 0 Å². The molecule has 24 heavy (non-hydrogen) atoms. The van der Waals surface area contributed by atoms with E-state index < -0.39 is 0 Å². The number of amides is 2. The third kappa shape index (κ3) is 2.89. The van der Waals surface area contributed by atoms with Crippen LogP contribution in [0.3, 0.4) is 0 Å². The first-order valence-electron chi connectivity index (χ1n) is 7.75. The topological polar surface area (TPSA) is 62.6 Å². The summed E-state index contributed by atoms with van der Waals surface area (Å²) in [4.78, 5) is 39.6. The first kappa shape index (κ1) is 16.5. The summed E-state index contributed by atoms with van der Waals surface area (Å²) < 4.78 is 1.46. The van der Waals surface area contributed by atoms with Crippen molar-refractivity contribution in [1.29, 1.82) is 0 Å². The van der Waals surface area contributed by atoms with E-state index in [0.717, 1.165) is 0 Å². The zero-order chi connectivity index (χ0) is 17.4. The fourth-order valence-electron chi connectivity index (χ4n) is 3.03. The fourth-order valence-corrected chi connectivity index (χ4v) is 3.20. The second kappa shape index (κ2) is 6.28. The van der Waals surface area contributed by atoms with Gasteiger partial charge in [-0.3, -0.25) is 19.0 Å². The number of fused-ring (bicyclic) bond motifs is 1. The van der Waals surface area contributed by atoms with Crippen LogP contribution in [-0.2, 0) is 4.79 Å². The minimum absolute atomic E-state index is 0.0158. The maximum Gasteiger partial charge on any atom is 0.256 e. The molecule has 0 unspecified atom stereocenters. The molecule has 1 fully saturated rings. The van der Waals surface area contributed by atoms with Gasteiger partial charge in [-0.25, -0.2) is 0 Å². The highest BCUT2D eigenvalue weighted by atomic mass is 35.5. The summed E-state index contributed by atoms with van der Waals surface area (Å²) >= 11 is 6.06. The van der Waals surface area contributed by atoms with E-state index in [0.29, 0.717) is 47.7 Å². The largest absolute Gasteiger partial charge is 0.339 e. The third-order valence-electron chi connectivity index (χ3n) is 4.35. The lowest BCUT2D eigenvalue weighted by atomic mass is 10.1. The number of carbonyl (C=O) groups excluding carboxylic acids is 3. The van der Waals surface area contributed by atoms with E-state index in [1.165, 1.54) is 18.4 Å². The molecule has 6 nitrogen and oxygen atoms in total. The minimum Gasteiger partial charge on any atom is -0.339 e. The van der Waals surface area contributed by atoms with E-state index in [4.69, 9.17) is 11.6 Å². The molecular formula is C17H18ClN3O3. The molecule has 2 amide bonds. The maximum absolute atomic E-state index is 12.9. The van der Waals surface area contributed by atoms with Crippen molar-refractivity contribution in [3.05, 3.63) is 35.0 Å². The molecule has 1 saturated heterocycles. The average Bonchev–Trinajstić information content (AvgIpc) is 2.93. The summed E-state index contributed by atoms with van der Waals surface area (Å²) in [5.41, 5.74) is 1.12. The van der Waals surface area contributed by atoms with E-state index in [9.17, 15) is 14.4 Å². The molecule has 1 aliphatic rings. The van der Waals surface area contributed by atoms with Gasteiger partial charge in [0.2, 0.25) is 11.8 Å². The predicted molar refractivity (Wildman–Crippen MR) is 91.4 cm³/mol. The van der Waals surface area contributed by atoms with Crippen LogP contribution in [0, 0.1) is 0 Å². The average molecular weight is 348 g/mol. The van der Waals surface area contributed by atoms with Crippen LogP contribution in [0.2, 0.25) is 5.02 Å². The van der Waals surface area contributed by atoms with Gasteiger partial charge in [0.05, 0.1) is 11.1 Å². The van der Waals surface area contributed by atoms with Crippen molar-refractivity contribution in [2.75, 3.05) is 26.2 Å². The lowest BCUT2D eigenvalue weighted by Gasteiger charge is -2.34. The van der Waals surface area contributed by atoms with Crippen LogP contribution in [0.25, 0.3) is 10.9 Å². The van der Waals surface area contributed by atoms with Crippen LogP contribution in [-0.4, -0.2) is 58.3 Å². The SMILES string of the molecule is CC(=O)N1CCN(C(=O)c2cn(C(C)=O)c3ccc(Cl)cc23)CC1. The van der Waals surface area contributed by atoms with Gasteiger partial charge < -0.3 is 9.80 Å². The van der Waals surface area contributed by atoms with Crippen LogP contribution < -0.4 is 0 Å². The molecule has 0 aliphatic carbocycles. The number of piperazine rings is 1. The number of hydrogen-bond donors (Lipinski definition) is 0. The van der Waals surface area contributed by atoms with Gasteiger partial charge in [0.25, 0.3) is 5.91 Å². The maximum atomic E-state index is 12.9. The normalized spacial score (nSPS) is 15.0. The highest BCUT2D eigenvalue weighted by Crippen LogP contribution is 2.26. The Kier molecular flexibility index (Phi) is 4.32. The standard InChI is InChI=1S/C17H18ClN3O3/c1-11(22)19-5-7-20(8-6-19)17(24)15-10-21(12(2)23)16-4-3-13(18)9-14(15)16/h3-4,9-10H,5-8H2,1-2H3. The van der Waals surface area contributed by atoms with Crippen molar-refractivity contribution in [3.63, 3.8) is 0 Å². The van der Waals surface area contributed by atoms with Gasteiger partial charge in [0.15, 0.2) is 0 Å². The molecule has 2 aromatic rings. The number of halogens is 1. The predicted octanol–water partition coefficient (Wildman–Crippen LogP) is 2.26. The summed E-state index contributed by atoms with van der Waals surface area (Å²) in [7, 11) is 0. The number of aromatic nitrogens is 1. The van der Waals surface area contributed by atoms with Crippen LogP contribution in [0.4, 0.5) is 0 Å². The van der Waals surface area contributed by atoms with Crippen LogP contribution >= 0.6 is 11.6 Å². The van der Waals surface area contributed by atoms with E-state index in [2.05, 4.69) is 0 Å². The molecule has 1 aliphatic heterocycles. The van der Waals surface area contributed by atoms with E-state index in [1.54, 1.807) is 34.2 Å². The van der Waals surface area contributed by atoms with Crippen LogP contribution in [0.15, 0.2) is 24.4 Å². The van der Waals surface area contributed by atoms with Gasteiger partial charge in [-0.1, -0.05) is 11.6 Å². The first-order chi connectivity index (χ1) is 11.4. The summed E-state index contributed by atoms with van der Waals surface area (Å²) in [6.07, 6.45) is 1.57. The zero-order valence-electron chi connectivity index (χ0n) is 13.6. The smallest absolute Gasteiger partial charge is 0.256 e. The Morgan fingerprint density at radius 3 is 2.17 bits per heavy atom. The Hall–Kier alpha value is -2.34. The third-order valence-corrected chi connectivity index (χ3v) is 4.58. The molecule has 0 atom stereocenters. The van der Waals surface area contributed by atoms with Crippen molar-refractivity contribution >= 4 is 40.2 Å². The Morgan fingerprint density at radius 2 is 1.58 bits per heavy atom. The Labute approximate surface area is 144 Å².